The molecule has 0 aromatic heterocycles. The maximum Gasteiger partial charge on any atom is 0.232 e. The maximum atomic E-state index is 12.1. The first-order chi connectivity index (χ1) is 9.69. The molecule has 2 rings (SSSR count). The van der Waals surface area contributed by atoms with Crippen molar-refractivity contribution in [2.75, 3.05) is 38.5 Å². The summed E-state index contributed by atoms with van der Waals surface area (Å²) >= 11 is 7.52. The highest BCUT2D eigenvalue weighted by Crippen LogP contribution is 2.16. The highest BCUT2D eigenvalue weighted by molar-refractivity contribution is 7.99. The lowest BCUT2D eigenvalue weighted by Crippen LogP contribution is -2.49. The molecule has 0 radical (unpaired) electrons. The molecule has 0 unspecified atom stereocenters. The number of carbonyl (C=O) groups is 1. The Balaban J connectivity index is 1.69. The van der Waals surface area contributed by atoms with Gasteiger partial charge in [-0.05, 0) is 24.2 Å². The number of carbonyl (C=O) groups excluding carboxylic acids is 1. The van der Waals surface area contributed by atoms with Crippen molar-refractivity contribution in [1.29, 1.82) is 0 Å². The fraction of sp³-hybridized carbons (Fsp3) is 0.533. The van der Waals surface area contributed by atoms with Crippen LogP contribution < -0.4 is 0 Å². The normalized spacial score (nSPS) is 16.4. The van der Waals surface area contributed by atoms with E-state index in [1.807, 2.05) is 29.2 Å². The van der Waals surface area contributed by atoms with Crippen LogP contribution in [0.25, 0.3) is 0 Å². The van der Waals surface area contributed by atoms with Gasteiger partial charge in [-0.25, -0.2) is 0 Å². The SMILES string of the molecule is CCN1CCN(C(=O)CSCc2ccc(Cl)cc2)CC1. The molecule has 5 heteroatoms. The summed E-state index contributed by atoms with van der Waals surface area (Å²) in [5.74, 6) is 1.69. The van der Waals surface area contributed by atoms with Gasteiger partial charge in [0.2, 0.25) is 5.91 Å². The van der Waals surface area contributed by atoms with Crippen molar-refractivity contribution in [3.05, 3.63) is 34.9 Å². The highest BCUT2D eigenvalue weighted by Gasteiger charge is 2.19. The Kier molecular flexibility index (Phi) is 6.20. The molecule has 1 aliphatic rings. The molecule has 1 saturated heterocycles. The third-order valence-electron chi connectivity index (χ3n) is 3.58. The average Bonchev–Trinajstić information content (AvgIpc) is 2.49. The van der Waals surface area contributed by atoms with Crippen molar-refractivity contribution in [2.24, 2.45) is 0 Å². The largest absolute Gasteiger partial charge is 0.339 e. The molecule has 0 bridgehead atoms. The molecule has 1 aromatic rings. The number of benzene rings is 1. The second-order valence-corrected chi connectivity index (χ2v) is 6.36. The summed E-state index contributed by atoms with van der Waals surface area (Å²) in [6, 6.07) is 7.81. The van der Waals surface area contributed by atoms with Crippen LogP contribution in [0.1, 0.15) is 12.5 Å². The van der Waals surface area contributed by atoms with E-state index in [-0.39, 0.29) is 5.91 Å². The molecule has 1 fully saturated rings. The first-order valence-corrected chi connectivity index (χ1v) is 8.54. The first kappa shape index (κ1) is 15.7. The predicted octanol–water partition coefficient (Wildman–Crippen LogP) is 2.74. The van der Waals surface area contributed by atoms with E-state index in [4.69, 9.17) is 11.6 Å². The Morgan fingerprint density at radius 2 is 1.85 bits per heavy atom. The number of likely N-dealkylation sites (N-methyl/N-ethyl adjacent to an activating group) is 1. The number of nitrogens with zero attached hydrogens (tertiary/aromatic N) is 2. The van der Waals surface area contributed by atoms with Crippen molar-refractivity contribution in [1.82, 2.24) is 9.80 Å². The summed E-state index contributed by atoms with van der Waals surface area (Å²) < 4.78 is 0. The van der Waals surface area contributed by atoms with E-state index in [1.165, 1.54) is 5.56 Å². The average molecular weight is 313 g/mol. The van der Waals surface area contributed by atoms with Gasteiger partial charge in [0.05, 0.1) is 5.75 Å². The van der Waals surface area contributed by atoms with E-state index in [2.05, 4.69) is 11.8 Å². The number of hydrogen-bond donors (Lipinski definition) is 0. The van der Waals surface area contributed by atoms with Gasteiger partial charge in [0.25, 0.3) is 0 Å². The molecule has 0 spiro atoms. The summed E-state index contributed by atoms with van der Waals surface area (Å²) in [5, 5.41) is 0.753. The second kappa shape index (κ2) is 7.91. The topological polar surface area (TPSA) is 23.6 Å². The molecular formula is C15H21ClN2OS. The molecule has 0 aliphatic carbocycles. The third-order valence-corrected chi connectivity index (χ3v) is 4.82. The van der Waals surface area contributed by atoms with E-state index in [0.29, 0.717) is 5.75 Å². The zero-order valence-corrected chi connectivity index (χ0v) is 13.4. The predicted molar refractivity (Wildman–Crippen MR) is 86.3 cm³/mol. The zero-order chi connectivity index (χ0) is 14.4. The van der Waals surface area contributed by atoms with Crippen LogP contribution in [0.4, 0.5) is 0 Å². The van der Waals surface area contributed by atoms with Crippen LogP contribution in [0.15, 0.2) is 24.3 Å². The van der Waals surface area contributed by atoms with Crippen LogP contribution in [0.5, 0.6) is 0 Å². The highest BCUT2D eigenvalue weighted by atomic mass is 35.5. The number of hydrogen-bond acceptors (Lipinski definition) is 3. The molecule has 0 N–H and O–H groups in total. The monoisotopic (exact) mass is 312 g/mol. The van der Waals surface area contributed by atoms with Gasteiger partial charge in [-0.1, -0.05) is 30.7 Å². The minimum Gasteiger partial charge on any atom is -0.339 e. The molecular weight excluding hydrogens is 292 g/mol. The summed E-state index contributed by atoms with van der Waals surface area (Å²) in [4.78, 5) is 16.5. The van der Waals surface area contributed by atoms with Crippen molar-refractivity contribution in [3.63, 3.8) is 0 Å². The molecule has 0 atom stereocenters. The number of halogens is 1. The zero-order valence-electron chi connectivity index (χ0n) is 11.8. The smallest absolute Gasteiger partial charge is 0.232 e. The third kappa shape index (κ3) is 4.69. The van der Waals surface area contributed by atoms with Crippen molar-refractivity contribution >= 4 is 29.3 Å². The van der Waals surface area contributed by atoms with Gasteiger partial charge in [0, 0.05) is 37.0 Å². The fourth-order valence-corrected chi connectivity index (χ4v) is 3.26. The van der Waals surface area contributed by atoms with Gasteiger partial charge in [-0.2, -0.15) is 0 Å². The Hall–Kier alpha value is -0.710. The molecule has 0 saturated carbocycles. The Labute approximate surface area is 130 Å². The van der Waals surface area contributed by atoms with E-state index in [0.717, 1.165) is 43.5 Å². The van der Waals surface area contributed by atoms with Crippen LogP contribution in [-0.2, 0) is 10.5 Å². The van der Waals surface area contributed by atoms with Gasteiger partial charge in [0.15, 0.2) is 0 Å². The summed E-state index contributed by atoms with van der Waals surface area (Å²) in [6.07, 6.45) is 0. The van der Waals surface area contributed by atoms with E-state index in [9.17, 15) is 4.79 Å². The van der Waals surface area contributed by atoms with Crippen LogP contribution in [-0.4, -0.2) is 54.2 Å². The lowest BCUT2D eigenvalue weighted by atomic mass is 10.2. The minimum absolute atomic E-state index is 0.264. The maximum absolute atomic E-state index is 12.1. The van der Waals surface area contributed by atoms with E-state index >= 15 is 0 Å². The number of amides is 1. The second-order valence-electron chi connectivity index (χ2n) is 4.93. The van der Waals surface area contributed by atoms with Crippen LogP contribution in [0.2, 0.25) is 5.02 Å². The van der Waals surface area contributed by atoms with Crippen molar-refractivity contribution in [3.8, 4) is 0 Å². The molecule has 20 heavy (non-hydrogen) atoms. The standard InChI is InChI=1S/C15H21ClN2OS/c1-2-17-7-9-18(10-8-17)15(19)12-20-11-13-3-5-14(16)6-4-13/h3-6H,2,7-12H2,1H3. The number of rotatable bonds is 5. The first-order valence-electron chi connectivity index (χ1n) is 7.01. The van der Waals surface area contributed by atoms with Crippen molar-refractivity contribution in [2.45, 2.75) is 12.7 Å². The van der Waals surface area contributed by atoms with Crippen molar-refractivity contribution < 1.29 is 4.79 Å². The number of thioether (sulfide) groups is 1. The Morgan fingerprint density at radius 1 is 1.20 bits per heavy atom. The molecule has 110 valence electrons. The number of piperazine rings is 1. The van der Waals surface area contributed by atoms with Gasteiger partial charge >= 0.3 is 0 Å². The minimum atomic E-state index is 0.264. The van der Waals surface area contributed by atoms with Gasteiger partial charge in [0.1, 0.15) is 0 Å². The van der Waals surface area contributed by atoms with E-state index < -0.39 is 0 Å². The molecule has 1 amide bonds. The van der Waals surface area contributed by atoms with Crippen LogP contribution in [0.3, 0.4) is 0 Å². The molecule has 3 nitrogen and oxygen atoms in total. The van der Waals surface area contributed by atoms with Gasteiger partial charge < -0.3 is 9.80 Å². The Morgan fingerprint density at radius 3 is 2.45 bits per heavy atom. The van der Waals surface area contributed by atoms with E-state index in [1.54, 1.807) is 11.8 Å². The van der Waals surface area contributed by atoms with Crippen LogP contribution >= 0.6 is 23.4 Å². The Bertz CT molecular complexity index is 430. The molecule has 1 aromatic carbocycles. The van der Waals surface area contributed by atoms with Crippen LogP contribution in [0, 0.1) is 0 Å². The summed E-state index contributed by atoms with van der Waals surface area (Å²) in [7, 11) is 0. The summed E-state index contributed by atoms with van der Waals surface area (Å²) in [5.41, 5.74) is 1.21. The molecule has 1 aliphatic heterocycles. The quantitative estimate of drug-likeness (QED) is 0.835. The lowest BCUT2D eigenvalue weighted by Gasteiger charge is -2.34. The molecule has 1 heterocycles. The lowest BCUT2D eigenvalue weighted by molar-refractivity contribution is -0.130. The van der Waals surface area contributed by atoms with Gasteiger partial charge in [-0.3, -0.25) is 4.79 Å². The van der Waals surface area contributed by atoms with Gasteiger partial charge in [-0.15, -0.1) is 11.8 Å². The fourth-order valence-electron chi connectivity index (χ4n) is 2.24. The summed E-state index contributed by atoms with van der Waals surface area (Å²) in [6.45, 7) is 6.99.